The lowest BCUT2D eigenvalue weighted by atomic mass is 9.97. The van der Waals surface area contributed by atoms with Crippen LogP contribution < -0.4 is 9.04 Å². The molecule has 0 spiro atoms. The molecule has 2 aliphatic rings. The van der Waals surface area contributed by atoms with Gasteiger partial charge in [0.15, 0.2) is 0 Å². The summed E-state index contributed by atoms with van der Waals surface area (Å²) in [5.74, 6) is 0.0429. The van der Waals surface area contributed by atoms with E-state index >= 15 is 0 Å². The fraction of sp³-hybridized carbons (Fsp3) is 0.480. The highest BCUT2D eigenvalue weighted by atomic mass is 32.2. The van der Waals surface area contributed by atoms with Crippen molar-refractivity contribution >= 4 is 21.7 Å². The van der Waals surface area contributed by atoms with E-state index in [1.165, 1.54) is 23.5 Å². The first-order valence-corrected chi connectivity index (χ1v) is 12.9. The Morgan fingerprint density at radius 1 is 1.12 bits per heavy atom. The van der Waals surface area contributed by atoms with Crippen LogP contribution in [0.15, 0.2) is 47.4 Å². The number of methoxy groups -OCH3 is 1. The van der Waals surface area contributed by atoms with E-state index in [9.17, 15) is 13.2 Å². The Morgan fingerprint density at radius 3 is 2.61 bits per heavy atom. The molecule has 2 aromatic carbocycles. The average Bonchev–Trinajstić information content (AvgIpc) is 2.86. The van der Waals surface area contributed by atoms with Crippen LogP contribution in [0.4, 0.5) is 5.69 Å². The number of esters is 1. The molecule has 8 heteroatoms. The first-order valence-electron chi connectivity index (χ1n) is 11.5. The summed E-state index contributed by atoms with van der Waals surface area (Å²) in [6, 6.07) is 11.9. The number of aryl methyl sites for hydroxylation is 1. The molecule has 2 aromatic rings. The van der Waals surface area contributed by atoms with Crippen LogP contribution in [-0.2, 0) is 25.9 Å². The summed E-state index contributed by atoms with van der Waals surface area (Å²) >= 11 is 0. The van der Waals surface area contributed by atoms with Crippen molar-refractivity contribution < 1.29 is 27.4 Å². The Hall–Kier alpha value is -2.58. The lowest BCUT2D eigenvalue weighted by Crippen LogP contribution is -2.43. The fourth-order valence-corrected chi connectivity index (χ4v) is 6.39. The molecule has 2 aliphatic heterocycles. The van der Waals surface area contributed by atoms with Gasteiger partial charge in [-0.15, -0.1) is 0 Å². The molecule has 0 aromatic heterocycles. The Morgan fingerprint density at radius 2 is 1.88 bits per heavy atom. The highest BCUT2D eigenvalue weighted by Gasteiger charge is 2.35. The van der Waals surface area contributed by atoms with Gasteiger partial charge in [-0.25, -0.2) is 13.2 Å². The van der Waals surface area contributed by atoms with Gasteiger partial charge < -0.3 is 14.2 Å². The van der Waals surface area contributed by atoms with Crippen molar-refractivity contribution in [2.75, 3.05) is 31.2 Å². The molecule has 0 amide bonds. The van der Waals surface area contributed by atoms with Gasteiger partial charge in [-0.3, -0.25) is 4.31 Å². The maximum atomic E-state index is 13.8. The molecular formula is C25H31NO6S. The highest BCUT2D eigenvalue weighted by Crippen LogP contribution is 2.37. The number of carbonyl (C=O) groups is 1. The molecular weight excluding hydrogens is 442 g/mol. The van der Waals surface area contributed by atoms with Gasteiger partial charge in [-0.05, 0) is 67.9 Å². The van der Waals surface area contributed by atoms with E-state index in [1.807, 2.05) is 31.2 Å². The Bertz CT molecular complexity index is 1090. The predicted octanol–water partition coefficient (Wildman–Crippen LogP) is 4.20. The van der Waals surface area contributed by atoms with Crippen molar-refractivity contribution in [1.82, 2.24) is 0 Å². The van der Waals surface area contributed by atoms with Crippen molar-refractivity contribution in [3.05, 3.63) is 53.6 Å². The number of hydrogen-bond acceptors (Lipinski definition) is 6. The van der Waals surface area contributed by atoms with Gasteiger partial charge in [0, 0.05) is 19.3 Å². The molecule has 178 valence electrons. The summed E-state index contributed by atoms with van der Waals surface area (Å²) < 4.78 is 45.4. The van der Waals surface area contributed by atoms with Gasteiger partial charge in [0.05, 0.1) is 24.3 Å². The molecule has 7 nitrogen and oxygen atoms in total. The van der Waals surface area contributed by atoms with Crippen molar-refractivity contribution in [2.24, 2.45) is 5.92 Å². The molecule has 0 bridgehead atoms. The molecule has 2 heterocycles. The van der Waals surface area contributed by atoms with Crippen LogP contribution in [0.5, 0.6) is 5.75 Å². The molecule has 33 heavy (non-hydrogen) atoms. The maximum Gasteiger partial charge on any atom is 0.341 e. The van der Waals surface area contributed by atoms with E-state index < -0.39 is 16.0 Å². The standard InChI is InChI=1S/C25H31NO6S/c1-3-20-9-8-19-6-4-5-7-23(19)26(20)33(28,29)21-10-11-24(22(16-21)25(27)30-2)32-17-18-12-14-31-15-13-18/h4-7,10-11,16,18,20H,3,8-9,12-15,17H2,1-2H3/t20-/m1/s1. The third kappa shape index (κ3) is 4.87. The van der Waals surface area contributed by atoms with E-state index in [4.69, 9.17) is 14.2 Å². The summed E-state index contributed by atoms with van der Waals surface area (Å²) in [4.78, 5) is 12.6. The molecule has 0 aliphatic carbocycles. The molecule has 0 N–H and O–H groups in total. The van der Waals surface area contributed by atoms with Crippen LogP contribution >= 0.6 is 0 Å². The summed E-state index contributed by atoms with van der Waals surface area (Å²) in [5.41, 5.74) is 1.83. The summed E-state index contributed by atoms with van der Waals surface area (Å²) in [6.07, 6.45) is 4.08. The second-order valence-electron chi connectivity index (χ2n) is 8.55. The Balaban J connectivity index is 1.68. The smallest absolute Gasteiger partial charge is 0.341 e. The van der Waals surface area contributed by atoms with Gasteiger partial charge in [0.25, 0.3) is 10.0 Å². The first-order chi connectivity index (χ1) is 16.0. The number of hydrogen-bond donors (Lipinski definition) is 0. The highest BCUT2D eigenvalue weighted by molar-refractivity contribution is 7.92. The third-order valence-electron chi connectivity index (χ3n) is 6.51. The third-order valence-corrected chi connectivity index (χ3v) is 8.37. The van der Waals surface area contributed by atoms with Crippen LogP contribution in [0, 0.1) is 5.92 Å². The minimum atomic E-state index is -3.90. The normalized spacial score (nSPS) is 19.1. The average molecular weight is 474 g/mol. The molecule has 1 fully saturated rings. The summed E-state index contributed by atoms with van der Waals surface area (Å²) in [6.45, 7) is 3.83. The van der Waals surface area contributed by atoms with Crippen molar-refractivity contribution in [3.63, 3.8) is 0 Å². The van der Waals surface area contributed by atoms with Crippen LogP contribution in [0.3, 0.4) is 0 Å². The van der Waals surface area contributed by atoms with Crippen molar-refractivity contribution in [1.29, 1.82) is 0 Å². The molecule has 1 atom stereocenters. The number of benzene rings is 2. The van der Waals surface area contributed by atoms with E-state index in [2.05, 4.69) is 0 Å². The van der Waals surface area contributed by atoms with E-state index in [-0.39, 0.29) is 16.5 Å². The largest absolute Gasteiger partial charge is 0.492 e. The predicted molar refractivity (Wildman–Crippen MR) is 125 cm³/mol. The zero-order valence-corrected chi connectivity index (χ0v) is 20.0. The Kier molecular flexibility index (Phi) is 7.24. The van der Waals surface area contributed by atoms with E-state index in [1.54, 1.807) is 6.07 Å². The number of sulfonamides is 1. The lowest BCUT2D eigenvalue weighted by Gasteiger charge is -2.37. The van der Waals surface area contributed by atoms with Gasteiger partial charge in [0.2, 0.25) is 0 Å². The zero-order valence-electron chi connectivity index (χ0n) is 19.2. The number of nitrogens with zero attached hydrogens (tertiary/aromatic N) is 1. The maximum absolute atomic E-state index is 13.8. The second-order valence-corrected chi connectivity index (χ2v) is 10.4. The molecule has 4 rings (SSSR count). The quantitative estimate of drug-likeness (QED) is 0.561. The van der Waals surface area contributed by atoms with Gasteiger partial charge in [-0.1, -0.05) is 25.1 Å². The van der Waals surface area contributed by atoms with Crippen LogP contribution in [-0.4, -0.2) is 47.4 Å². The molecule has 0 saturated carbocycles. The molecule has 0 unspecified atom stereocenters. The SMILES string of the molecule is CC[C@@H]1CCc2ccccc2N1S(=O)(=O)c1ccc(OCC2CCOCC2)c(C(=O)OC)c1. The zero-order chi connectivity index (χ0) is 23.4. The topological polar surface area (TPSA) is 82.1 Å². The molecule has 0 radical (unpaired) electrons. The monoisotopic (exact) mass is 473 g/mol. The number of rotatable bonds is 7. The van der Waals surface area contributed by atoms with Gasteiger partial charge in [0.1, 0.15) is 11.3 Å². The summed E-state index contributed by atoms with van der Waals surface area (Å²) in [7, 11) is -2.62. The van der Waals surface area contributed by atoms with E-state index in [0.29, 0.717) is 43.6 Å². The van der Waals surface area contributed by atoms with Gasteiger partial charge >= 0.3 is 5.97 Å². The van der Waals surface area contributed by atoms with E-state index in [0.717, 1.165) is 31.2 Å². The number of anilines is 1. The van der Waals surface area contributed by atoms with Crippen molar-refractivity contribution in [3.8, 4) is 5.75 Å². The number of carbonyl (C=O) groups excluding carboxylic acids is 1. The number of ether oxygens (including phenoxy) is 3. The molecule has 1 saturated heterocycles. The van der Waals surface area contributed by atoms with Crippen LogP contribution in [0.25, 0.3) is 0 Å². The van der Waals surface area contributed by atoms with Crippen molar-refractivity contribution in [2.45, 2.75) is 50.0 Å². The number of fused-ring (bicyclic) bond motifs is 1. The van der Waals surface area contributed by atoms with Crippen LogP contribution in [0.2, 0.25) is 0 Å². The van der Waals surface area contributed by atoms with Gasteiger partial charge in [-0.2, -0.15) is 0 Å². The minimum Gasteiger partial charge on any atom is -0.492 e. The second kappa shape index (κ2) is 10.1. The van der Waals surface area contributed by atoms with Crippen LogP contribution in [0.1, 0.15) is 48.5 Å². The number of para-hydroxylation sites is 1. The Labute approximate surface area is 195 Å². The first kappa shape index (κ1) is 23.6. The summed E-state index contributed by atoms with van der Waals surface area (Å²) in [5, 5.41) is 0. The minimum absolute atomic E-state index is 0.0523. The fourth-order valence-electron chi connectivity index (χ4n) is 4.57. The lowest BCUT2D eigenvalue weighted by molar-refractivity contribution is 0.0483.